The Labute approximate surface area is 142 Å². The number of amides is 1. The highest BCUT2D eigenvalue weighted by atomic mass is 32.2. The standard InChI is InChI=1S/C15H23N3O5S/c1-17(2)15(19)11-16-12-4-5-13(22-3)14(10-12)24(20,21)18-6-8-23-9-7-18/h4-5,10,16H,6-9,11H2,1-3H3. The number of anilines is 1. The van der Waals surface area contributed by atoms with Crippen LogP contribution < -0.4 is 10.1 Å². The average Bonchev–Trinajstić information content (AvgIpc) is 2.60. The molecule has 1 aromatic carbocycles. The Morgan fingerprint density at radius 3 is 2.58 bits per heavy atom. The zero-order chi connectivity index (χ0) is 17.7. The molecule has 0 aliphatic carbocycles. The summed E-state index contributed by atoms with van der Waals surface area (Å²) < 4.78 is 37.5. The molecule has 24 heavy (non-hydrogen) atoms. The molecule has 0 saturated carbocycles. The Morgan fingerprint density at radius 2 is 2.00 bits per heavy atom. The molecule has 0 atom stereocenters. The highest BCUT2D eigenvalue weighted by Crippen LogP contribution is 2.30. The molecule has 1 heterocycles. The molecule has 9 heteroatoms. The average molecular weight is 357 g/mol. The molecule has 0 bridgehead atoms. The minimum Gasteiger partial charge on any atom is -0.495 e. The maximum absolute atomic E-state index is 12.9. The molecule has 1 fully saturated rings. The van der Waals surface area contributed by atoms with Crippen LogP contribution >= 0.6 is 0 Å². The van der Waals surface area contributed by atoms with Gasteiger partial charge in [-0.2, -0.15) is 4.31 Å². The van der Waals surface area contributed by atoms with Crippen molar-refractivity contribution in [1.29, 1.82) is 0 Å². The number of nitrogens with zero attached hydrogens (tertiary/aromatic N) is 2. The molecule has 0 aromatic heterocycles. The SMILES string of the molecule is COc1ccc(NCC(=O)N(C)C)cc1S(=O)(=O)N1CCOCC1. The lowest BCUT2D eigenvalue weighted by atomic mass is 10.3. The molecule has 0 spiro atoms. The van der Waals surface area contributed by atoms with Crippen molar-refractivity contribution in [2.24, 2.45) is 0 Å². The maximum atomic E-state index is 12.9. The third kappa shape index (κ3) is 4.16. The summed E-state index contributed by atoms with van der Waals surface area (Å²) in [6.07, 6.45) is 0. The minimum atomic E-state index is -3.69. The summed E-state index contributed by atoms with van der Waals surface area (Å²) >= 11 is 0. The molecule has 0 radical (unpaired) electrons. The van der Waals surface area contributed by atoms with Gasteiger partial charge in [-0.1, -0.05) is 0 Å². The Bertz CT molecular complexity index is 684. The summed E-state index contributed by atoms with van der Waals surface area (Å²) in [5.74, 6) is 0.161. The molecule has 8 nitrogen and oxygen atoms in total. The smallest absolute Gasteiger partial charge is 0.246 e. The molecule has 1 N–H and O–H groups in total. The van der Waals surface area contributed by atoms with Crippen LogP contribution in [0.15, 0.2) is 23.1 Å². The summed E-state index contributed by atoms with van der Waals surface area (Å²) in [4.78, 5) is 13.2. The van der Waals surface area contributed by atoms with Gasteiger partial charge < -0.3 is 19.7 Å². The molecule has 1 amide bonds. The van der Waals surface area contributed by atoms with E-state index in [0.29, 0.717) is 32.0 Å². The predicted octanol–water partition coefficient (Wildman–Crippen LogP) is 0.216. The fourth-order valence-corrected chi connectivity index (χ4v) is 3.84. The van der Waals surface area contributed by atoms with Gasteiger partial charge in [0.15, 0.2) is 0 Å². The van der Waals surface area contributed by atoms with Crippen molar-refractivity contribution < 1.29 is 22.7 Å². The maximum Gasteiger partial charge on any atom is 0.246 e. The second-order valence-corrected chi connectivity index (χ2v) is 7.43. The first-order chi connectivity index (χ1) is 11.4. The van der Waals surface area contributed by atoms with Crippen molar-refractivity contribution in [3.63, 3.8) is 0 Å². The van der Waals surface area contributed by atoms with Crippen molar-refractivity contribution in [2.75, 3.05) is 59.4 Å². The number of rotatable bonds is 6. The van der Waals surface area contributed by atoms with E-state index >= 15 is 0 Å². The van der Waals surface area contributed by atoms with Crippen LogP contribution in [0.5, 0.6) is 5.75 Å². The van der Waals surface area contributed by atoms with Crippen molar-refractivity contribution in [3.05, 3.63) is 18.2 Å². The third-order valence-corrected chi connectivity index (χ3v) is 5.61. The summed E-state index contributed by atoms with van der Waals surface area (Å²) in [5.41, 5.74) is 0.540. The lowest BCUT2D eigenvalue weighted by Crippen LogP contribution is -2.40. The van der Waals surface area contributed by atoms with Gasteiger partial charge in [-0.3, -0.25) is 4.79 Å². The van der Waals surface area contributed by atoms with Crippen LogP contribution in [0.25, 0.3) is 0 Å². The van der Waals surface area contributed by atoms with Crippen molar-refractivity contribution in [1.82, 2.24) is 9.21 Å². The summed E-state index contributed by atoms with van der Waals surface area (Å²) in [7, 11) is 1.06. The summed E-state index contributed by atoms with van der Waals surface area (Å²) in [5, 5.41) is 2.94. The van der Waals surface area contributed by atoms with E-state index < -0.39 is 10.0 Å². The first-order valence-electron chi connectivity index (χ1n) is 7.56. The Kier molecular flexibility index (Phi) is 6.03. The van der Waals surface area contributed by atoms with E-state index in [1.807, 2.05) is 0 Å². The second-order valence-electron chi connectivity index (χ2n) is 5.52. The van der Waals surface area contributed by atoms with Crippen molar-refractivity contribution in [3.8, 4) is 5.75 Å². The van der Waals surface area contributed by atoms with Crippen LogP contribution in [-0.2, 0) is 19.6 Å². The van der Waals surface area contributed by atoms with Crippen molar-refractivity contribution >= 4 is 21.6 Å². The second kappa shape index (κ2) is 7.82. The Morgan fingerprint density at radius 1 is 1.33 bits per heavy atom. The molecular weight excluding hydrogens is 334 g/mol. The fourth-order valence-electron chi connectivity index (χ4n) is 2.25. The molecule has 1 aromatic rings. The number of hydrogen-bond donors (Lipinski definition) is 1. The van der Waals surface area contributed by atoms with E-state index in [2.05, 4.69) is 5.32 Å². The van der Waals surface area contributed by atoms with Crippen LogP contribution in [0.1, 0.15) is 0 Å². The number of benzene rings is 1. The summed E-state index contributed by atoms with van der Waals surface area (Å²) in [6.45, 7) is 1.44. The number of nitrogens with one attached hydrogen (secondary N) is 1. The lowest BCUT2D eigenvalue weighted by molar-refractivity contribution is -0.126. The van der Waals surface area contributed by atoms with Gasteiger partial charge in [-0.05, 0) is 18.2 Å². The van der Waals surface area contributed by atoms with Gasteiger partial charge in [-0.25, -0.2) is 8.42 Å². The van der Waals surface area contributed by atoms with E-state index in [1.54, 1.807) is 26.2 Å². The van der Waals surface area contributed by atoms with Gasteiger partial charge >= 0.3 is 0 Å². The minimum absolute atomic E-state index is 0.0780. The molecule has 1 aliphatic rings. The van der Waals surface area contributed by atoms with Crippen LogP contribution in [0.3, 0.4) is 0 Å². The normalized spacial score (nSPS) is 15.8. The number of ether oxygens (including phenoxy) is 2. The van der Waals surface area contributed by atoms with E-state index in [0.717, 1.165) is 0 Å². The van der Waals surface area contributed by atoms with E-state index in [-0.39, 0.29) is 23.1 Å². The predicted molar refractivity (Wildman–Crippen MR) is 89.8 cm³/mol. The zero-order valence-electron chi connectivity index (χ0n) is 14.1. The van der Waals surface area contributed by atoms with Gasteiger partial charge in [0.05, 0.1) is 26.9 Å². The van der Waals surface area contributed by atoms with Gasteiger partial charge in [0.1, 0.15) is 10.6 Å². The van der Waals surface area contributed by atoms with Crippen LogP contribution in [-0.4, -0.2) is 77.6 Å². The first kappa shape index (κ1) is 18.5. The largest absolute Gasteiger partial charge is 0.495 e. The lowest BCUT2D eigenvalue weighted by Gasteiger charge is -2.27. The molecule has 1 saturated heterocycles. The van der Waals surface area contributed by atoms with E-state index in [4.69, 9.17) is 9.47 Å². The van der Waals surface area contributed by atoms with Gasteiger partial charge in [0.25, 0.3) is 0 Å². The van der Waals surface area contributed by atoms with Crippen molar-refractivity contribution in [2.45, 2.75) is 4.90 Å². The molecular formula is C15H23N3O5S. The van der Waals surface area contributed by atoms with Crippen LogP contribution in [0, 0.1) is 0 Å². The number of carbonyl (C=O) groups excluding carboxylic acids is 1. The third-order valence-electron chi connectivity index (χ3n) is 3.69. The quantitative estimate of drug-likeness (QED) is 0.783. The van der Waals surface area contributed by atoms with E-state index in [1.165, 1.54) is 22.4 Å². The Balaban J connectivity index is 2.27. The number of methoxy groups -OCH3 is 1. The number of carbonyl (C=O) groups is 1. The highest BCUT2D eigenvalue weighted by molar-refractivity contribution is 7.89. The monoisotopic (exact) mass is 357 g/mol. The highest BCUT2D eigenvalue weighted by Gasteiger charge is 2.29. The molecule has 0 unspecified atom stereocenters. The molecule has 1 aliphatic heterocycles. The van der Waals surface area contributed by atoms with Crippen LogP contribution in [0.4, 0.5) is 5.69 Å². The Hall–Kier alpha value is -1.84. The number of morpholine rings is 1. The number of hydrogen-bond acceptors (Lipinski definition) is 6. The number of likely N-dealkylation sites (N-methyl/N-ethyl adjacent to an activating group) is 1. The van der Waals surface area contributed by atoms with Gasteiger partial charge in [0.2, 0.25) is 15.9 Å². The van der Waals surface area contributed by atoms with Gasteiger partial charge in [-0.15, -0.1) is 0 Å². The molecule has 134 valence electrons. The topological polar surface area (TPSA) is 88.2 Å². The zero-order valence-corrected chi connectivity index (χ0v) is 14.9. The van der Waals surface area contributed by atoms with Gasteiger partial charge in [0, 0.05) is 32.9 Å². The van der Waals surface area contributed by atoms with Crippen LogP contribution in [0.2, 0.25) is 0 Å². The number of sulfonamides is 1. The van der Waals surface area contributed by atoms with E-state index in [9.17, 15) is 13.2 Å². The first-order valence-corrected chi connectivity index (χ1v) is 9.00. The molecule has 2 rings (SSSR count). The summed E-state index contributed by atoms with van der Waals surface area (Å²) in [6, 6.07) is 4.75. The fraction of sp³-hybridized carbons (Fsp3) is 0.533.